The van der Waals surface area contributed by atoms with E-state index in [1.165, 1.54) is 24.0 Å². The van der Waals surface area contributed by atoms with Crippen molar-refractivity contribution >= 4 is 5.91 Å². The number of amides is 1. The molecule has 0 bridgehead atoms. The molecule has 2 atom stereocenters. The Hall–Kier alpha value is -2.49. The predicted molar refractivity (Wildman–Crippen MR) is 114 cm³/mol. The maximum absolute atomic E-state index is 13.1. The van der Waals surface area contributed by atoms with Crippen molar-refractivity contribution in [2.24, 2.45) is 0 Å². The zero-order chi connectivity index (χ0) is 20.4. The van der Waals surface area contributed by atoms with Crippen molar-refractivity contribution in [1.82, 2.24) is 5.32 Å². The van der Waals surface area contributed by atoms with Crippen LogP contribution in [0.5, 0.6) is 11.5 Å². The number of aryl methyl sites for hydroxylation is 2. The molecule has 1 aliphatic heterocycles. The van der Waals surface area contributed by atoms with Crippen LogP contribution in [-0.4, -0.2) is 17.6 Å². The van der Waals surface area contributed by atoms with Gasteiger partial charge in [0.2, 0.25) is 0 Å². The Morgan fingerprint density at radius 3 is 2.72 bits per heavy atom. The summed E-state index contributed by atoms with van der Waals surface area (Å²) in [5.41, 5.74) is 3.49. The van der Waals surface area contributed by atoms with Crippen LogP contribution in [0, 0.1) is 0 Å². The van der Waals surface area contributed by atoms with E-state index in [1.807, 2.05) is 37.3 Å². The van der Waals surface area contributed by atoms with Crippen LogP contribution in [0.4, 0.5) is 0 Å². The molecule has 1 heterocycles. The van der Waals surface area contributed by atoms with Crippen LogP contribution in [-0.2, 0) is 17.6 Å². The average Bonchev–Trinajstić information content (AvgIpc) is 2.71. The maximum atomic E-state index is 13.1. The second-order valence-electron chi connectivity index (χ2n) is 8.82. The van der Waals surface area contributed by atoms with E-state index in [0.29, 0.717) is 6.42 Å². The highest BCUT2D eigenvalue weighted by Gasteiger charge is 2.35. The first-order chi connectivity index (χ1) is 13.9. The molecule has 0 aromatic heterocycles. The second kappa shape index (κ2) is 8.10. The molecule has 0 spiro atoms. The van der Waals surface area contributed by atoms with Gasteiger partial charge < -0.3 is 14.8 Å². The van der Waals surface area contributed by atoms with Gasteiger partial charge in [0.25, 0.3) is 5.91 Å². The lowest BCUT2D eigenvalue weighted by atomic mass is 9.89. The summed E-state index contributed by atoms with van der Waals surface area (Å²) >= 11 is 0. The second-order valence-corrected chi connectivity index (χ2v) is 8.82. The molecule has 2 aliphatic rings. The molecule has 2 aromatic rings. The molecular weight excluding hydrogens is 362 g/mol. The zero-order valence-electron chi connectivity index (χ0n) is 17.7. The van der Waals surface area contributed by atoms with E-state index in [2.05, 4.69) is 31.3 Å². The van der Waals surface area contributed by atoms with Crippen molar-refractivity contribution in [3.8, 4) is 11.5 Å². The molecule has 4 nitrogen and oxygen atoms in total. The van der Waals surface area contributed by atoms with Crippen LogP contribution in [0.3, 0.4) is 0 Å². The van der Waals surface area contributed by atoms with Gasteiger partial charge in [-0.3, -0.25) is 4.79 Å². The molecule has 1 amide bonds. The lowest BCUT2D eigenvalue weighted by molar-refractivity contribution is -0.129. The first kappa shape index (κ1) is 19.8. The van der Waals surface area contributed by atoms with Crippen LogP contribution >= 0.6 is 0 Å². The number of carbonyl (C=O) groups is 1. The van der Waals surface area contributed by atoms with Gasteiger partial charge in [-0.1, -0.05) is 31.2 Å². The predicted octanol–water partition coefficient (Wildman–Crippen LogP) is 5.14. The molecule has 4 rings (SSSR count). The van der Waals surface area contributed by atoms with E-state index in [1.54, 1.807) is 0 Å². The van der Waals surface area contributed by atoms with Crippen LogP contribution < -0.4 is 14.8 Å². The molecule has 0 unspecified atom stereocenters. The summed E-state index contributed by atoms with van der Waals surface area (Å²) in [7, 11) is 0. The maximum Gasteiger partial charge on any atom is 0.261 e. The topological polar surface area (TPSA) is 47.6 Å². The molecule has 2 aromatic carbocycles. The molecular formula is C25H31NO3. The lowest BCUT2D eigenvalue weighted by Crippen LogP contribution is -2.45. The summed E-state index contributed by atoms with van der Waals surface area (Å²) < 4.78 is 12.2. The standard InChI is InChI=1S/C25H31NO3/c1-4-22(28-19-14-13-17-9-5-6-10-18(17)15-19)24(27)26-21-16-25(2,3)29-23-12-8-7-11-20(21)23/h7-8,11-15,21-22H,4-6,9-10,16H2,1-3H3,(H,26,27)/t21-,22-/m0/s1. The van der Waals surface area contributed by atoms with Crippen LogP contribution in [0.2, 0.25) is 0 Å². The van der Waals surface area contributed by atoms with E-state index < -0.39 is 6.10 Å². The fourth-order valence-electron chi connectivity index (χ4n) is 4.47. The smallest absolute Gasteiger partial charge is 0.261 e. The first-order valence-corrected chi connectivity index (χ1v) is 10.8. The van der Waals surface area contributed by atoms with Crippen molar-refractivity contribution in [3.05, 3.63) is 59.2 Å². The third-order valence-corrected chi connectivity index (χ3v) is 5.95. The Morgan fingerprint density at radius 2 is 1.93 bits per heavy atom. The zero-order valence-corrected chi connectivity index (χ0v) is 17.7. The summed E-state index contributed by atoms with van der Waals surface area (Å²) in [5.74, 6) is 1.57. The van der Waals surface area contributed by atoms with Crippen LogP contribution in [0.25, 0.3) is 0 Å². The van der Waals surface area contributed by atoms with Gasteiger partial charge in [0, 0.05) is 12.0 Å². The average molecular weight is 394 g/mol. The summed E-state index contributed by atoms with van der Waals surface area (Å²) in [6.45, 7) is 6.11. The van der Waals surface area contributed by atoms with Crippen molar-refractivity contribution in [1.29, 1.82) is 0 Å². The van der Waals surface area contributed by atoms with Crippen molar-refractivity contribution < 1.29 is 14.3 Å². The van der Waals surface area contributed by atoms with E-state index in [4.69, 9.17) is 9.47 Å². The lowest BCUT2D eigenvalue weighted by Gasteiger charge is -2.38. The minimum absolute atomic E-state index is 0.0669. The van der Waals surface area contributed by atoms with E-state index >= 15 is 0 Å². The number of para-hydroxylation sites is 1. The van der Waals surface area contributed by atoms with Gasteiger partial charge in [-0.05, 0) is 75.3 Å². The van der Waals surface area contributed by atoms with E-state index in [0.717, 1.165) is 36.3 Å². The highest BCUT2D eigenvalue weighted by atomic mass is 16.5. The molecule has 4 heteroatoms. The largest absolute Gasteiger partial charge is 0.487 e. The molecule has 154 valence electrons. The third-order valence-electron chi connectivity index (χ3n) is 5.95. The van der Waals surface area contributed by atoms with Gasteiger partial charge in [0.15, 0.2) is 6.10 Å². The van der Waals surface area contributed by atoms with Gasteiger partial charge in [0.05, 0.1) is 6.04 Å². The summed E-state index contributed by atoms with van der Waals surface area (Å²) in [6.07, 6.45) is 5.58. The highest BCUT2D eigenvalue weighted by Crippen LogP contribution is 2.39. The first-order valence-electron chi connectivity index (χ1n) is 10.8. The number of carbonyl (C=O) groups excluding carboxylic acids is 1. The molecule has 0 saturated heterocycles. The molecule has 29 heavy (non-hydrogen) atoms. The van der Waals surface area contributed by atoms with Crippen LogP contribution in [0.15, 0.2) is 42.5 Å². The Labute approximate surface area is 173 Å². The fraction of sp³-hybridized carbons (Fsp3) is 0.480. The monoisotopic (exact) mass is 393 g/mol. The van der Waals surface area contributed by atoms with Crippen molar-refractivity contribution in [2.75, 3.05) is 0 Å². The van der Waals surface area contributed by atoms with Gasteiger partial charge in [-0.25, -0.2) is 0 Å². The molecule has 0 fully saturated rings. The molecule has 0 radical (unpaired) electrons. The Kier molecular flexibility index (Phi) is 5.53. The quantitative estimate of drug-likeness (QED) is 0.765. The summed E-state index contributed by atoms with van der Waals surface area (Å²) in [5, 5.41) is 3.22. The van der Waals surface area contributed by atoms with Crippen LogP contribution in [0.1, 0.15) is 69.2 Å². The van der Waals surface area contributed by atoms with Gasteiger partial charge in [-0.2, -0.15) is 0 Å². The normalized spacial score (nSPS) is 20.6. The Bertz CT molecular complexity index is 889. The number of hydrogen-bond acceptors (Lipinski definition) is 3. The minimum atomic E-state index is -0.505. The Balaban J connectivity index is 1.48. The molecule has 0 saturated carbocycles. The van der Waals surface area contributed by atoms with Gasteiger partial charge in [0.1, 0.15) is 17.1 Å². The third kappa shape index (κ3) is 4.42. The number of rotatable bonds is 5. The van der Waals surface area contributed by atoms with E-state index in [-0.39, 0.29) is 17.6 Å². The van der Waals surface area contributed by atoms with E-state index in [9.17, 15) is 4.79 Å². The number of benzene rings is 2. The highest BCUT2D eigenvalue weighted by molar-refractivity contribution is 5.81. The number of ether oxygens (including phenoxy) is 2. The van der Waals surface area contributed by atoms with Crippen molar-refractivity contribution in [3.63, 3.8) is 0 Å². The SMILES string of the molecule is CC[C@H](Oc1ccc2c(c1)CCCC2)C(=O)N[C@H]1CC(C)(C)Oc2ccccc21. The fourth-order valence-corrected chi connectivity index (χ4v) is 4.47. The summed E-state index contributed by atoms with van der Waals surface area (Å²) in [4.78, 5) is 13.1. The van der Waals surface area contributed by atoms with Gasteiger partial charge >= 0.3 is 0 Å². The molecule has 1 N–H and O–H groups in total. The van der Waals surface area contributed by atoms with Crippen molar-refractivity contribution in [2.45, 2.75) is 77.0 Å². The molecule has 1 aliphatic carbocycles. The Morgan fingerprint density at radius 1 is 1.17 bits per heavy atom. The number of hydrogen-bond donors (Lipinski definition) is 1. The number of nitrogens with one attached hydrogen (secondary N) is 1. The number of fused-ring (bicyclic) bond motifs is 2. The minimum Gasteiger partial charge on any atom is -0.487 e. The summed E-state index contributed by atoms with van der Waals surface area (Å²) in [6, 6.07) is 14.2. The van der Waals surface area contributed by atoms with Gasteiger partial charge in [-0.15, -0.1) is 0 Å².